The van der Waals surface area contributed by atoms with E-state index >= 15 is 0 Å². The highest BCUT2D eigenvalue weighted by molar-refractivity contribution is 5.85. The minimum Gasteiger partial charge on any atom is -0.505 e. The lowest BCUT2D eigenvalue weighted by Gasteiger charge is -2.07. The number of aromatic hydroxyl groups is 1. The van der Waals surface area contributed by atoms with Gasteiger partial charge in [0.25, 0.3) is 0 Å². The lowest BCUT2D eigenvalue weighted by Crippen LogP contribution is -2.13. The molecule has 0 radical (unpaired) electrons. The van der Waals surface area contributed by atoms with Crippen LogP contribution in [0.4, 0.5) is 0 Å². The largest absolute Gasteiger partial charge is 0.505 e. The molecule has 1 aromatic heterocycles. The van der Waals surface area contributed by atoms with Crippen molar-refractivity contribution in [2.24, 2.45) is 0 Å². The Hall–Kier alpha value is -1.61. The van der Waals surface area contributed by atoms with Crippen LogP contribution in [0.25, 0.3) is 10.9 Å². The molecule has 0 unspecified atom stereocenters. The fraction of sp³-hybridized carbons (Fsp3) is 0.308. The van der Waals surface area contributed by atoms with E-state index in [-0.39, 0.29) is 0 Å². The lowest BCUT2D eigenvalue weighted by atomic mass is 10.1. The van der Waals surface area contributed by atoms with Crippen molar-refractivity contribution in [3.63, 3.8) is 0 Å². The van der Waals surface area contributed by atoms with Crippen molar-refractivity contribution in [1.29, 1.82) is 0 Å². The van der Waals surface area contributed by atoms with E-state index in [0.717, 1.165) is 23.9 Å². The van der Waals surface area contributed by atoms with Crippen LogP contribution in [0, 0.1) is 0 Å². The highest BCUT2D eigenvalue weighted by atomic mass is 16.3. The summed E-state index contributed by atoms with van der Waals surface area (Å²) in [7, 11) is 0. The van der Waals surface area contributed by atoms with Gasteiger partial charge in [-0.05, 0) is 19.0 Å². The van der Waals surface area contributed by atoms with Gasteiger partial charge in [0.1, 0.15) is 11.3 Å². The second kappa shape index (κ2) is 4.94. The van der Waals surface area contributed by atoms with Gasteiger partial charge < -0.3 is 10.4 Å². The summed E-state index contributed by atoms with van der Waals surface area (Å²) in [6.07, 6.45) is 2.79. The van der Waals surface area contributed by atoms with Gasteiger partial charge in [0.05, 0.1) is 0 Å². The first kappa shape index (κ1) is 10.9. The minimum absolute atomic E-state index is 0.293. The van der Waals surface area contributed by atoms with Gasteiger partial charge in [-0.3, -0.25) is 4.98 Å². The van der Waals surface area contributed by atoms with Crippen molar-refractivity contribution in [3.8, 4) is 5.75 Å². The molecule has 0 aliphatic rings. The number of hydrogen-bond donors (Lipinski definition) is 2. The smallest absolute Gasteiger partial charge is 0.146 e. The quantitative estimate of drug-likeness (QED) is 0.771. The summed E-state index contributed by atoms with van der Waals surface area (Å²) < 4.78 is 0. The van der Waals surface area contributed by atoms with E-state index in [9.17, 15) is 5.11 Å². The first-order chi connectivity index (χ1) is 7.83. The van der Waals surface area contributed by atoms with Gasteiger partial charge in [-0.2, -0.15) is 0 Å². The van der Waals surface area contributed by atoms with Crippen LogP contribution in [0.15, 0.2) is 30.5 Å². The molecule has 3 heteroatoms. The van der Waals surface area contributed by atoms with E-state index < -0.39 is 0 Å². The molecule has 0 bridgehead atoms. The maximum absolute atomic E-state index is 10.0. The van der Waals surface area contributed by atoms with Crippen molar-refractivity contribution in [3.05, 3.63) is 36.0 Å². The lowest BCUT2D eigenvalue weighted by molar-refractivity contribution is 0.469. The Labute approximate surface area is 95.1 Å². The third kappa shape index (κ3) is 2.14. The summed E-state index contributed by atoms with van der Waals surface area (Å²) in [6.45, 7) is 3.76. The highest BCUT2D eigenvalue weighted by Gasteiger charge is 2.06. The molecule has 0 aliphatic heterocycles. The maximum Gasteiger partial charge on any atom is 0.146 e. The number of pyridine rings is 1. The van der Waals surface area contributed by atoms with Crippen molar-refractivity contribution >= 4 is 10.9 Å². The number of fused-ring (bicyclic) bond motifs is 1. The Morgan fingerprint density at radius 2 is 2.19 bits per heavy atom. The van der Waals surface area contributed by atoms with Crippen LogP contribution < -0.4 is 5.32 Å². The molecule has 1 aromatic carbocycles. The van der Waals surface area contributed by atoms with Gasteiger partial charge in [-0.15, -0.1) is 0 Å². The van der Waals surface area contributed by atoms with Gasteiger partial charge in [0, 0.05) is 23.7 Å². The van der Waals surface area contributed by atoms with E-state index in [1.54, 1.807) is 6.20 Å². The zero-order valence-corrected chi connectivity index (χ0v) is 9.40. The molecule has 2 rings (SSSR count). The number of phenols is 1. The third-order valence-corrected chi connectivity index (χ3v) is 2.57. The molecule has 0 aliphatic carbocycles. The van der Waals surface area contributed by atoms with Crippen LogP contribution in [-0.4, -0.2) is 16.6 Å². The van der Waals surface area contributed by atoms with E-state index in [1.807, 2.05) is 24.3 Å². The first-order valence-corrected chi connectivity index (χ1v) is 5.59. The van der Waals surface area contributed by atoms with E-state index in [1.165, 1.54) is 0 Å². The van der Waals surface area contributed by atoms with Crippen LogP contribution in [0.5, 0.6) is 5.75 Å². The molecular formula is C13H16N2O. The number of benzene rings is 1. The summed E-state index contributed by atoms with van der Waals surface area (Å²) >= 11 is 0. The van der Waals surface area contributed by atoms with Crippen molar-refractivity contribution in [2.75, 3.05) is 6.54 Å². The third-order valence-electron chi connectivity index (χ3n) is 2.57. The van der Waals surface area contributed by atoms with Crippen LogP contribution in [0.3, 0.4) is 0 Å². The Morgan fingerprint density at radius 1 is 1.31 bits per heavy atom. The summed E-state index contributed by atoms with van der Waals surface area (Å²) in [5.74, 6) is 0.293. The van der Waals surface area contributed by atoms with E-state index in [2.05, 4.69) is 17.2 Å². The SMILES string of the molecule is CCCNCc1ccc2cccnc2c1O. The van der Waals surface area contributed by atoms with Crippen LogP contribution in [-0.2, 0) is 6.54 Å². The highest BCUT2D eigenvalue weighted by Crippen LogP contribution is 2.26. The summed E-state index contributed by atoms with van der Waals surface area (Å²) in [5, 5.41) is 14.3. The number of rotatable bonds is 4. The van der Waals surface area contributed by atoms with Crippen LogP contribution in [0.1, 0.15) is 18.9 Å². The Kier molecular flexibility index (Phi) is 3.37. The summed E-state index contributed by atoms with van der Waals surface area (Å²) in [4.78, 5) is 4.19. The van der Waals surface area contributed by atoms with Crippen molar-refractivity contribution in [2.45, 2.75) is 19.9 Å². The van der Waals surface area contributed by atoms with Gasteiger partial charge in [0.2, 0.25) is 0 Å². The van der Waals surface area contributed by atoms with Gasteiger partial charge in [0.15, 0.2) is 0 Å². The van der Waals surface area contributed by atoms with Crippen LogP contribution in [0.2, 0.25) is 0 Å². The number of aromatic nitrogens is 1. The topological polar surface area (TPSA) is 45.2 Å². The molecule has 1 heterocycles. The molecule has 0 amide bonds. The molecule has 3 nitrogen and oxygen atoms in total. The summed E-state index contributed by atoms with van der Waals surface area (Å²) in [6, 6.07) is 7.76. The maximum atomic E-state index is 10.0. The molecule has 84 valence electrons. The minimum atomic E-state index is 0.293. The fourth-order valence-electron chi connectivity index (χ4n) is 1.71. The second-order valence-electron chi connectivity index (χ2n) is 3.83. The normalized spacial score (nSPS) is 10.8. The Bertz CT molecular complexity index is 482. The van der Waals surface area contributed by atoms with E-state index in [0.29, 0.717) is 17.8 Å². The number of phenolic OH excluding ortho intramolecular Hbond substituents is 1. The van der Waals surface area contributed by atoms with Gasteiger partial charge in [-0.25, -0.2) is 0 Å². The number of nitrogens with zero attached hydrogens (tertiary/aromatic N) is 1. The molecule has 16 heavy (non-hydrogen) atoms. The Balaban J connectivity index is 2.29. The summed E-state index contributed by atoms with van der Waals surface area (Å²) in [5.41, 5.74) is 1.58. The molecule has 0 spiro atoms. The van der Waals surface area contributed by atoms with Crippen LogP contribution >= 0.6 is 0 Å². The zero-order valence-electron chi connectivity index (χ0n) is 9.40. The van der Waals surface area contributed by atoms with Crippen molar-refractivity contribution < 1.29 is 5.11 Å². The van der Waals surface area contributed by atoms with E-state index in [4.69, 9.17) is 0 Å². The average molecular weight is 216 g/mol. The number of nitrogens with one attached hydrogen (secondary N) is 1. The average Bonchev–Trinajstić information content (AvgIpc) is 2.33. The molecular weight excluding hydrogens is 200 g/mol. The fourth-order valence-corrected chi connectivity index (χ4v) is 1.71. The molecule has 0 fully saturated rings. The Morgan fingerprint density at radius 3 is 3.00 bits per heavy atom. The number of hydrogen-bond acceptors (Lipinski definition) is 3. The van der Waals surface area contributed by atoms with Gasteiger partial charge in [-0.1, -0.05) is 25.1 Å². The predicted octanol–water partition coefficient (Wildman–Crippen LogP) is 2.44. The van der Waals surface area contributed by atoms with Crippen molar-refractivity contribution in [1.82, 2.24) is 10.3 Å². The molecule has 2 N–H and O–H groups in total. The molecule has 0 saturated carbocycles. The molecule has 0 saturated heterocycles. The first-order valence-electron chi connectivity index (χ1n) is 5.59. The molecule has 0 atom stereocenters. The molecule has 2 aromatic rings. The monoisotopic (exact) mass is 216 g/mol. The second-order valence-corrected chi connectivity index (χ2v) is 3.83. The standard InChI is InChI=1S/C13H16N2O/c1-2-7-14-9-11-6-5-10-4-3-8-15-12(10)13(11)16/h3-6,8,14,16H,2,7,9H2,1H3. The predicted molar refractivity (Wildman–Crippen MR) is 65.4 cm³/mol. The zero-order chi connectivity index (χ0) is 11.4. The van der Waals surface area contributed by atoms with Gasteiger partial charge >= 0.3 is 0 Å².